The van der Waals surface area contributed by atoms with E-state index in [1.807, 2.05) is 164 Å². The Labute approximate surface area is 530 Å². The summed E-state index contributed by atoms with van der Waals surface area (Å²) >= 11 is 6.33. The first kappa shape index (κ1) is 60.6. The summed E-state index contributed by atoms with van der Waals surface area (Å²) in [4.78, 5) is 60.3. The summed E-state index contributed by atoms with van der Waals surface area (Å²) in [5.41, 5.74) is 16.6. The number of benzene rings is 8. The molecule has 2 aliphatic heterocycles. The van der Waals surface area contributed by atoms with Crippen molar-refractivity contribution in [2.45, 2.75) is 45.6 Å². The van der Waals surface area contributed by atoms with Crippen molar-refractivity contribution >= 4 is 97.3 Å². The molecule has 1 fully saturated rings. The predicted octanol–water partition coefficient (Wildman–Crippen LogP) is 12.7. The second-order valence-corrected chi connectivity index (χ2v) is 25.4. The minimum absolute atomic E-state index is 0.0186. The number of carbonyl (C=O) groups excluding carboxylic acids is 3. The van der Waals surface area contributed by atoms with Crippen LogP contribution in [0.2, 0.25) is 0 Å². The number of nitrogens with zero attached hydrogens (tertiary/aromatic N) is 3. The highest BCUT2D eigenvalue weighted by atomic mass is 32.2. The number of fused-ring (bicyclic) bond motifs is 1. The summed E-state index contributed by atoms with van der Waals surface area (Å²) in [5, 5.41) is 28.9. The molecule has 88 heavy (non-hydrogen) atoms. The van der Waals surface area contributed by atoms with E-state index in [4.69, 9.17) is 46.7 Å². The average molecular weight is 1260 g/mol. The third-order valence-corrected chi connectivity index (χ3v) is 19.7. The van der Waals surface area contributed by atoms with Crippen molar-refractivity contribution in [2.75, 3.05) is 18.2 Å². The summed E-state index contributed by atoms with van der Waals surface area (Å²) in [7, 11) is 1.57. The van der Waals surface area contributed by atoms with Gasteiger partial charge in [-0.25, -0.2) is 9.78 Å². The van der Waals surface area contributed by atoms with Gasteiger partial charge in [-0.3, -0.25) is 25.3 Å². The molecule has 8 N–H and O–H groups in total. The number of nitrogens with two attached hydrogens (primary N) is 2. The van der Waals surface area contributed by atoms with Crippen LogP contribution in [0.25, 0.3) is 0 Å². The fraction of sp³-hybridized carbons (Fsp3) is 0.132. The monoisotopic (exact) mass is 1260 g/mol. The first-order chi connectivity index (χ1) is 42.9. The molecular formula is C68H59N9O6S5. The highest BCUT2D eigenvalue weighted by Crippen LogP contribution is 2.48. The predicted molar refractivity (Wildman–Crippen MR) is 355 cm³/mol. The van der Waals surface area contributed by atoms with Crippen LogP contribution in [0.15, 0.2) is 250 Å². The van der Waals surface area contributed by atoms with E-state index in [-0.39, 0.29) is 39.8 Å². The van der Waals surface area contributed by atoms with E-state index in [0.717, 1.165) is 61.2 Å². The van der Waals surface area contributed by atoms with Gasteiger partial charge in [-0.05, 0) is 51.6 Å². The van der Waals surface area contributed by atoms with Gasteiger partial charge in [-0.15, -0.1) is 23.1 Å². The number of amidine groups is 2. The van der Waals surface area contributed by atoms with Gasteiger partial charge in [-0.2, -0.15) is 0 Å². The van der Waals surface area contributed by atoms with Gasteiger partial charge < -0.3 is 36.4 Å². The van der Waals surface area contributed by atoms with E-state index in [1.165, 1.54) is 51.5 Å². The minimum atomic E-state index is -1.41. The fourth-order valence-electron chi connectivity index (χ4n) is 10.6. The van der Waals surface area contributed by atoms with Crippen molar-refractivity contribution < 1.29 is 28.7 Å². The zero-order valence-electron chi connectivity index (χ0n) is 47.4. The van der Waals surface area contributed by atoms with Crippen LogP contribution in [0, 0.1) is 10.8 Å². The lowest BCUT2D eigenvalue weighted by atomic mass is 9.77. The maximum absolute atomic E-state index is 15.6. The number of carbonyl (C=O) groups is 3. The maximum atomic E-state index is 15.6. The number of anilines is 1. The quantitative estimate of drug-likeness (QED) is 0.00874. The van der Waals surface area contributed by atoms with E-state index >= 15 is 9.59 Å². The summed E-state index contributed by atoms with van der Waals surface area (Å²) in [6, 6.07) is 71.1. The number of hydrogen-bond acceptors (Lipinski definition) is 16. The molecule has 0 saturated carbocycles. The SMILES string of the molecule is COc1ccc(COC(=O)C2=C(Sc3ccc(CSC(=N)N)cc3CSC(=N)N)CS[C@@H]3[C@H](NC(=O)/C(=N\OC(c4ccccc4)(c4ccccc4)c4ccccc4)c4csc(NC(c5ccccc5)(c5ccccc5)c5ccccc5)n4)C(=O)N23)cc1. The Hall–Kier alpha value is -9.05. The van der Waals surface area contributed by atoms with Crippen LogP contribution in [0.1, 0.15) is 55.8 Å². The van der Waals surface area contributed by atoms with Crippen LogP contribution >= 0.6 is 58.4 Å². The van der Waals surface area contributed by atoms with E-state index in [2.05, 4.69) is 47.0 Å². The van der Waals surface area contributed by atoms with Gasteiger partial charge in [0, 0.05) is 49.1 Å². The zero-order chi connectivity index (χ0) is 61.0. The van der Waals surface area contributed by atoms with Crippen molar-refractivity contribution in [3.05, 3.63) is 296 Å². The third kappa shape index (κ3) is 13.1. The Kier molecular flexibility index (Phi) is 19.1. The molecule has 1 aromatic heterocycles. The summed E-state index contributed by atoms with van der Waals surface area (Å²) < 4.78 is 11.4. The van der Waals surface area contributed by atoms with Crippen molar-refractivity contribution in [3.8, 4) is 5.75 Å². The molecule has 2 aliphatic rings. The van der Waals surface area contributed by atoms with Crippen LogP contribution in [0.3, 0.4) is 0 Å². The lowest BCUT2D eigenvalue weighted by Crippen LogP contribution is -2.71. The molecule has 0 aliphatic carbocycles. The Morgan fingerprint density at radius 3 is 1.69 bits per heavy atom. The Balaban J connectivity index is 0.981. The lowest BCUT2D eigenvalue weighted by molar-refractivity contribution is -0.153. The number of hydrogen-bond donors (Lipinski definition) is 6. The number of thiazole rings is 1. The van der Waals surface area contributed by atoms with E-state index in [9.17, 15) is 4.79 Å². The van der Waals surface area contributed by atoms with Gasteiger partial charge in [0.1, 0.15) is 40.7 Å². The van der Waals surface area contributed by atoms with Crippen molar-refractivity contribution in [3.63, 3.8) is 0 Å². The number of β-lactam (4-membered cyclic amide) rings is 1. The third-order valence-electron chi connectivity index (χ3n) is 14.8. The van der Waals surface area contributed by atoms with E-state index in [1.54, 1.807) is 36.8 Å². The Morgan fingerprint density at radius 1 is 0.682 bits per heavy atom. The van der Waals surface area contributed by atoms with Crippen LogP contribution in [0.5, 0.6) is 5.75 Å². The largest absolute Gasteiger partial charge is 0.497 e. The number of oxime groups is 1. The Bertz CT molecular complexity index is 3820. The normalized spacial score (nSPS) is 14.9. The molecule has 0 spiro atoms. The van der Waals surface area contributed by atoms with Gasteiger partial charge >= 0.3 is 5.97 Å². The number of nitrogens with one attached hydrogen (secondary N) is 4. The second kappa shape index (κ2) is 27.8. The highest BCUT2D eigenvalue weighted by Gasteiger charge is 2.55. The second-order valence-electron chi connectivity index (χ2n) is 20.2. The number of ether oxygens (including phenoxy) is 2. The number of thioether (sulfide) groups is 4. The molecule has 20 heteroatoms. The van der Waals surface area contributed by atoms with Crippen molar-refractivity contribution in [2.24, 2.45) is 16.6 Å². The number of rotatable bonds is 23. The number of methoxy groups -OCH3 is 1. The molecule has 3 heterocycles. The van der Waals surface area contributed by atoms with Gasteiger partial charge in [0.15, 0.2) is 21.2 Å². The average Bonchev–Trinajstić information content (AvgIpc) is 1.64. The van der Waals surface area contributed by atoms with Gasteiger partial charge in [-0.1, -0.05) is 247 Å². The lowest BCUT2D eigenvalue weighted by Gasteiger charge is -2.49. The van der Waals surface area contributed by atoms with Crippen molar-refractivity contribution in [1.82, 2.24) is 15.2 Å². The molecule has 2 atom stereocenters. The molecule has 8 aromatic carbocycles. The van der Waals surface area contributed by atoms with Crippen LogP contribution in [0.4, 0.5) is 5.13 Å². The number of aromatic nitrogens is 1. The minimum Gasteiger partial charge on any atom is -0.497 e. The van der Waals surface area contributed by atoms with Gasteiger partial charge in [0.2, 0.25) is 5.60 Å². The van der Waals surface area contributed by atoms with E-state index in [0.29, 0.717) is 32.9 Å². The summed E-state index contributed by atoms with van der Waals surface area (Å²) in [5.74, 6) is -0.345. The molecule has 0 radical (unpaired) electrons. The molecule has 15 nitrogen and oxygen atoms in total. The van der Waals surface area contributed by atoms with Crippen molar-refractivity contribution in [1.29, 1.82) is 10.8 Å². The first-order valence-corrected chi connectivity index (χ1v) is 32.5. The summed E-state index contributed by atoms with van der Waals surface area (Å²) in [6.45, 7) is -0.1000. The molecule has 9 aromatic rings. The molecule has 442 valence electrons. The smallest absolute Gasteiger partial charge is 0.356 e. The number of amides is 2. The molecule has 1 saturated heterocycles. The zero-order valence-corrected chi connectivity index (χ0v) is 51.5. The summed E-state index contributed by atoms with van der Waals surface area (Å²) in [6.07, 6.45) is 0. The molecule has 2 amide bonds. The van der Waals surface area contributed by atoms with Crippen LogP contribution in [-0.4, -0.2) is 68.0 Å². The van der Waals surface area contributed by atoms with Crippen LogP contribution in [-0.2, 0) is 53.2 Å². The fourth-order valence-corrected chi connectivity index (χ4v) is 15.0. The topological polar surface area (TPSA) is 231 Å². The first-order valence-electron chi connectivity index (χ1n) is 27.8. The van der Waals surface area contributed by atoms with Crippen LogP contribution < -0.4 is 26.8 Å². The van der Waals surface area contributed by atoms with Gasteiger partial charge in [0.25, 0.3) is 11.8 Å². The molecular weight excluding hydrogens is 1200 g/mol. The number of esters is 1. The molecule has 11 rings (SSSR count). The maximum Gasteiger partial charge on any atom is 0.356 e. The molecule has 0 unspecified atom stereocenters. The molecule has 0 bridgehead atoms. The Morgan fingerprint density at radius 2 is 1.18 bits per heavy atom. The van der Waals surface area contributed by atoms with E-state index < -0.39 is 40.3 Å². The highest BCUT2D eigenvalue weighted by molar-refractivity contribution is 8.13. The standard InChI is InChI=1S/C68H59N9O6S5/c1-81-53-35-32-44(33-36-53)39-82-63(80)59-56(88-55-37-34-45(40-85-64(69)70)38-46(55)41-86-65(71)72)43-84-62-58(61(79)77(59)62)74-60(78)57(76-83-68(50-26-14-5-15-27-50,51-28-16-6-17-29-51)52-30-18-7-19-31-52)54-42-87-66(73-54)75-67(47-20-8-2-9-21-47,48-22-10-3-11-23-48)49-24-12-4-13-25-49/h2-38,42,58,62H,39-41,43H2,1H3,(H3,69,70)(H3,71,72)(H,73,75)(H,74,78)/b76-57-/t58-,62-/m1/s1. The van der Waals surface area contributed by atoms with Gasteiger partial charge in [0.05, 0.1) is 7.11 Å².